The molecular weight excluding hydrogens is 330 g/mol. The summed E-state index contributed by atoms with van der Waals surface area (Å²) in [7, 11) is 1.60. The molecule has 0 aromatic heterocycles. The van der Waals surface area contributed by atoms with E-state index in [4.69, 9.17) is 4.74 Å². The summed E-state index contributed by atoms with van der Waals surface area (Å²) in [6, 6.07) is 25.3. The summed E-state index contributed by atoms with van der Waals surface area (Å²) in [6.07, 6.45) is 0. The largest absolute Gasteiger partial charge is 0.497 e. The van der Waals surface area contributed by atoms with Crippen molar-refractivity contribution in [2.24, 2.45) is 0 Å². The molecule has 0 bridgehead atoms. The lowest BCUT2D eigenvalue weighted by Crippen LogP contribution is -2.11. The average molecular weight is 349 g/mol. The molecule has 0 radical (unpaired) electrons. The van der Waals surface area contributed by atoms with Gasteiger partial charge in [0.15, 0.2) is 0 Å². The van der Waals surface area contributed by atoms with E-state index in [1.54, 1.807) is 43.1 Å². The lowest BCUT2D eigenvalue weighted by molar-refractivity contribution is 0.102. The normalized spacial score (nSPS) is 10.3. The summed E-state index contributed by atoms with van der Waals surface area (Å²) in [6.45, 7) is 0. The number of rotatable bonds is 6. The van der Waals surface area contributed by atoms with Crippen LogP contribution >= 0.6 is 11.8 Å². The minimum atomic E-state index is -0.132. The van der Waals surface area contributed by atoms with Crippen LogP contribution in [0.15, 0.2) is 83.8 Å². The molecule has 0 fully saturated rings. The van der Waals surface area contributed by atoms with E-state index < -0.39 is 0 Å². The lowest BCUT2D eigenvalue weighted by atomic mass is 10.2. The van der Waals surface area contributed by atoms with Gasteiger partial charge in [-0.3, -0.25) is 4.79 Å². The molecule has 0 unspecified atom stereocenters. The first-order valence-corrected chi connectivity index (χ1v) is 8.95. The monoisotopic (exact) mass is 349 g/mol. The molecule has 0 atom stereocenters. The quantitative estimate of drug-likeness (QED) is 0.619. The van der Waals surface area contributed by atoms with Gasteiger partial charge in [0.2, 0.25) is 0 Å². The Hall–Kier alpha value is -2.72. The minimum Gasteiger partial charge on any atom is -0.497 e. The van der Waals surface area contributed by atoms with Crippen molar-refractivity contribution in [2.75, 3.05) is 12.4 Å². The van der Waals surface area contributed by atoms with Crippen LogP contribution in [-0.2, 0) is 5.75 Å². The summed E-state index contributed by atoms with van der Waals surface area (Å²) in [4.78, 5) is 13.4. The van der Waals surface area contributed by atoms with Crippen molar-refractivity contribution >= 4 is 23.4 Å². The molecule has 0 aliphatic heterocycles. The zero-order valence-corrected chi connectivity index (χ0v) is 14.8. The molecule has 1 amide bonds. The van der Waals surface area contributed by atoms with E-state index in [1.807, 2.05) is 42.5 Å². The van der Waals surface area contributed by atoms with Crippen molar-refractivity contribution in [1.82, 2.24) is 0 Å². The molecule has 4 heteroatoms. The molecule has 3 rings (SSSR count). The molecule has 0 saturated heterocycles. The van der Waals surface area contributed by atoms with Crippen LogP contribution in [0.1, 0.15) is 15.9 Å². The van der Waals surface area contributed by atoms with Crippen LogP contribution in [0.3, 0.4) is 0 Å². The lowest BCUT2D eigenvalue weighted by Gasteiger charge is -2.07. The highest BCUT2D eigenvalue weighted by Gasteiger charge is 2.06. The molecule has 126 valence electrons. The SMILES string of the molecule is COc1ccc(C(=O)Nc2ccc(SCc3ccccc3)cc2)cc1. The molecule has 0 spiro atoms. The number of carbonyl (C=O) groups excluding carboxylic acids is 1. The Labute approximate surface area is 152 Å². The zero-order valence-electron chi connectivity index (χ0n) is 13.9. The van der Waals surface area contributed by atoms with Gasteiger partial charge in [0.25, 0.3) is 5.91 Å². The summed E-state index contributed by atoms with van der Waals surface area (Å²) in [5, 5.41) is 2.91. The second-order valence-electron chi connectivity index (χ2n) is 5.48. The fourth-order valence-corrected chi connectivity index (χ4v) is 3.18. The Kier molecular flexibility index (Phi) is 5.75. The van der Waals surface area contributed by atoms with Crippen LogP contribution in [0.25, 0.3) is 0 Å². The van der Waals surface area contributed by atoms with Crippen molar-refractivity contribution in [3.63, 3.8) is 0 Å². The number of nitrogens with one attached hydrogen (secondary N) is 1. The number of amides is 1. The van der Waals surface area contributed by atoms with Gasteiger partial charge < -0.3 is 10.1 Å². The molecule has 1 N–H and O–H groups in total. The first-order chi connectivity index (χ1) is 12.2. The van der Waals surface area contributed by atoms with Gasteiger partial charge in [-0.15, -0.1) is 11.8 Å². The predicted molar refractivity (Wildman–Crippen MR) is 103 cm³/mol. The molecule has 25 heavy (non-hydrogen) atoms. The number of anilines is 1. The molecule has 3 nitrogen and oxygen atoms in total. The van der Waals surface area contributed by atoms with Gasteiger partial charge in [0, 0.05) is 21.9 Å². The Balaban J connectivity index is 1.57. The Bertz CT molecular complexity index is 815. The number of hydrogen-bond acceptors (Lipinski definition) is 3. The van der Waals surface area contributed by atoms with Gasteiger partial charge in [-0.2, -0.15) is 0 Å². The molecule has 3 aromatic carbocycles. The van der Waals surface area contributed by atoms with Crippen LogP contribution in [0.5, 0.6) is 5.75 Å². The summed E-state index contributed by atoms with van der Waals surface area (Å²) in [5.74, 6) is 1.53. The summed E-state index contributed by atoms with van der Waals surface area (Å²) in [5.41, 5.74) is 2.68. The van der Waals surface area contributed by atoms with Gasteiger partial charge >= 0.3 is 0 Å². The maximum absolute atomic E-state index is 12.3. The summed E-state index contributed by atoms with van der Waals surface area (Å²) < 4.78 is 5.10. The Morgan fingerprint density at radius 1 is 0.920 bits per heavy atom. The third-order valence-electron chi connectivity index (χ3n) is 3.71. The maximum Gasteiger partial charge on any atom is 0.255 e. The molecule has 0 aliphatic rings. The maximum atomic E-state index is 12.3. The third kappa shape index (κ3) is 4.88. The predicted octanol–water partition coefficient (Wildman–Crippen LogP) is 5.24. The van der Waals surface area contributed by atoms with Gasteiger partial charge in [0.1, 0.15) is 5.75 Å². The van der Waals surface area contributed by atoms with Crippen LogP contribution in [0, 0.1) is 0 Å². The number of benzene rings is 3. The molecule has 0 saturated carbocycles. The number of hydrogen-bond donors (Lipinski definition) is 1. The Morgan fingerprint density at radius 2 is 1.60 bits per heavy atom. The first-order valence-electron chi connectivity index (χ1n) is 7.97. The van der Waals surface area contributed by atoms with Crippen LogP contribution in [0.4, 0.5) is 5.69 Å². The zero-order chi connectivity index (χ0) is 17.5. The third-order valence-corrected chi connectivity index (χ3v) is 4.80. The second kappa shape index (κ2) is 8.40. The van der Waals surface area contributed by atoms with Crippen molar-refractivity contribution in [3.8, 4) is 5.75 Å². The molecular formula is C21H19NO2S. The van der Waals surface area contributed by atoms with E-state index in [2.05, 4.69) is 17.4 Å². The number of thioether (sulfide) groups is 1. The van der Waals surface area contributed by atoms with E-state index in [0.717, 1.165) is 17.2 Å². The highest BCUT2D eigenvalue weighted by atomic mass is 32.2. The minimum absolute atomic E-state index is 0.132. The first kappa shape index (κ1) is 17.1. The number of methoxy groups -OCH3 is 1. The molecule has 0 aliphatic carbocycles. The topological polar surface area (TPSA) is 38.3 Å². The number of carbonyl (C=O) groups is 1. The summed E-state index contributed by atoms with van der Waals surface area (Å²) >= 11 is 1.77. The second-order valence-corrected chi connectivity index (χ2v) is 6.53. The van der Waals surface area contributed by atoms with E-state index >= 15 is 0 Å². The van der Waals surface area contributed by atoms with Crippen LogP contribution in [0.2, 0.25) is 0 Å². The van der Waals surface area contributed by atoms with Crippen molar-refractivity contribution in [2.45, 2.75) is 10.6 Å². The van der Waals surface area contributed by atoms with Crippen molar-refractivity contribution in [1.29, 1.82) is 0 Å². The molecule has 0 heterocycles. The fourth-order valence-electron chi connectivity index (χ4n) is 2.32. The van der Waals surface area contributed by atoms with Crippen LogP contribution < -0.4 is 10.1 Å². The van der Waals surface area contributed by atoms with E-state index in [1.165, 1.54) is 10.5 Å². The van der Waals surface area contributed by atoms with Crippen molar-refractivity contribution < 1.29 is 9.53 Å². The van der Waals surface area contributed by atoms with Gasteiger partial charge in [-0.1, -0.05) is 30.3 Å². The Morgan fingerprint density at radius 3 is 2.24 bits per heavy atom. The fraction of sp³-hybridized carbons (Fsp3) is 0.0952. The van der Waals surface area contributed by atoms with E-state index in [-0.39, 0.29) is 5.91 Å². The number of ether oxygens (including phenoxy) is 1. The van der Waals surface area contributed by atoms with E-state index in [0.29, 0.717) is 5.56 Å². The smallest absolute Gasteiger partial charge is 0.255 e. The van der Waals surface area contributed by atoms with Crippen LogP contribution in [-0.4, -0.2) is 13.0 Å². The molecule has 3 aromatic rings. The van der Waals surface area contributed by atoms with Gasteiger partial charge in [0.05, 0.1) is 7.11 Å². The van der Waals surface area contributed by atoms with Crippen molar-refractivity contribution in [3.05, 3.63) is 90.0 Å². The van der Waals surface area contributed by atoms with Gasteiger partial charge in [-0.05, 0) is 54.1 Å². The van der Waals surface area contributed by atoms with Gasteiger partial charge in [-0.25, -0.2) is 0 Å². The average Bonchev–Trinajstić information content (AvgIpc) is 2.68. The van der Waals surface area contributed by atoms with E-state index in [9.17, 15) is 4.79 Å². The standard InChI is InChI=1S/C21H19NO2S/c1-24-19-11-7-17(8-12-19)21(23)22-18-9-13-20(14-10-18)25-15-16-5-3-2-4-6-16/h2-14H,15H2,1H3,(H,22,23). The highest BCUT2D eigenvalue weighted by molar-refractivity contribution is 7.98. The highest BCUT2D eigenvalue weighted by Crippen LogP contribution is 2.24.